The molecule has 0 bridgehead atoms. The maximum Gasteiger partial charge on any atom is 0.305 e. The van der Waals surface area contributed by atoms with E-state index in [4.69, 9.17) is 9.84 Å². The highest BCUT2D eigenvalue weighted by atomic mass is 16.5. The number of hydrogen-bond donors (Lipinski definition) is 2. The number of aliphatic hydroxyl groups excluding tert-OH is 1. The molecule has 2 amide bonds. The second-order valence-electron chi connectivity index (χ2n) is 10.2. The predicted molar refractivity (Wildman–Crippen MR) is 157 cm³/mol. The fourth-order valence-corrected chi connectivity index (χ4v) is 5.13. The van der Waals surface area contributed by atoms with Crippen molar-refractivity contribution < 1.29 is 29.3 Å². The highest BCUT2D eigenvalue weighted by Crippen LogP contribution is 2.47. The smallest absolute Gasteiger partial charge is 0.305 e. The summed E-state index contributed by atoms with van der Waals surface area (Å²) in [7, 11) is 1.34. The van der Waals surface area contributed by atoms with E-state index in [9.17, 15) is 19.5 Å². The topological polar surface area (TPSA) is 138 Å². The van der Waals surface area contributed by atoms with Crippen LogP contribution in [0.4, 0.5) is 17.1 Å². The van der Waals surface area contributed by atoms with Crippen molar-refractivity contribution >= 4 is 35.3 Å². The number of carbonyl (C=O) groups excluding carboxylic acids is 3. The summed E-state index contributed by atoms with van der Waals surface area (Å²) in [6.07, 6.45) is 8.55. The molecule has 42 heavy (non-hydrogen) atoms. The molecule has 0 fully saturated rings. The number of aromatic nitrogens is 3. The van der Waals surface area contributed by atoms with Gasteiger partial charge in [-0.15, -0.1) is 5.10 Å². The number of para-hydroxylation sites is 1. The van der Waals surface area contributed by atoms with Gasteiger partial charge in [-0.3, -0.25) is 24.0 Å². The van der Waals surface area contributed by atoms with Gasteiger partial charge in [-0.1, -0.05) is 42.5 Å². The molecule has 222 valence electrons. The Labute approximate surface area is 245 Å². The van der Waals surface area contributed by atoms with Crippen LogP contribution in [0.1, 0.15) is 43.9 Å². The predicted octanol–water partition coefficient (Wildman–Crippen LogP) is 3.27. The van der Waals surface area contributed by atoms with Crippen LogP contribution in [0.25, 0.3) is 0 Å². The lowest BCUT2D eigenvalue weighted by Gasteiger charge is -2.28. The van der Waals surface area contributed by atoms with E-state index in [-0.39, 0.29) is 19.0 Å². The number of carbonyl (C=O) groups is 3. The number of hydrogen-bond acceptors (Lipinski definition) is 8. The van der Waals surface area contributed by atoms with Crippen LogP contribution in [-0.4, -0.2) is 63.8 Å². The first-order valence-electron chi connectivity index (χ1n) is 14.0. The van der Waals surface area contributed by atoms with Crippen molar-refractivity contribution in [1.29, 1.82) is 0 Å². The summed E-state index contributed by atoms with van der Waals surface area (Å²) in [6.45, 7) is 2.66. The van der Waals surface area contributed by atoms with E-state index >= 15 is 0 Å². The van der Waals surface area contributed by atoms with Gasteiger partial charge in [0.2, 0.25) is 6.41 Å². The number of fused-ring (bicyclic) bond motifs is 1. The third-order valence-electron chi connectivity index (χ3n) is 7.47. The van der Waals surface area contributed by atoms with Crippen LogP contribution in [0.15, 0.2) is 66.9 Å². The third kappa shape index (κ3) is 6.58. The lowest BCUT2D eigenvalue weighted by molar-refractivity contribution is -0.140. The zero-order valence-corrected chi connectivity index (χ0v) is 23.9. The van der Waals surface area contributed by atoms with Crippen LogP contribution in [0.3, 0.4) is 0 Å². The lowest BCUT2D eigenvalue weighted by Crippen LogP contribution is -2.44. The third-order valence-corrected chi connectivity index (χ3v) is 7.47. The number of anilines is 3. The van der Waals surface area contributed by atoms with Crippen molar-refractivity contribution in [2.75, 3.05) is 30.1 Å². The lowest BCUT2D eigenvalue weighted by atomic mass is 9.82. The largest absolute Gasteiger partial charge is 0.469 e. The van der Waals surface area contributed by atoms with Crippen molar-refractivity contribution in [2.45, 2.75) is 51.2 Å². The molecule has 11 nitrogen and oxygen atoms in total. The normalized spacial score (nSPS) is 17.0. The van der Waals surface area contributed by atoms with Crippen LogP contribution >= 0.6 is 0 Å². The molecule has 0 aliphatic carbocycles. The van der Waals surface area contributed by atoms with Crippen molar-refractivity contribution in [3.63, 3.8) is 0 Å². The van der Waals surface area contributed by atoms with Crippen molar-refractivity contribution in [2.24, 2.45) is 5.92 Å². The molecule has 3 aromatic rings. The van der Waals surface area contributed by atoms with Gasteiger partial charge in [-0.25, -0.2) is 0 Å². The van der Waals surface area contributed by atoms with Gasteiger partial charge in [0.05, 0.1) is 18.5 Å². The first-order chi connectivity index (χ1) is 20.3. The molecule has 2 atom stereocenters. The zero-order chi connectivity index (χ0) is 30.1. The molecule has 0 radical (unpaired) electrons. The van der Waals surface area contributed by atoms with E-state index in [1.807, 2.05) is 30.4 Å². The molecule has 1 aliphatic rings. The Kier molecular flexibility index (Phi) is 10.2. The molecule has 0 saturated carbocycles. The molecule has 0 saturated heterocycles. The second kappa shape index (κ2) is 14.0. The summed E-state index contributed by atoms with van der Waals surface area (Å²) in [5.41, 5.74) is 1.01. The molecule has 0 spiro atoms. The Bertz CT molecular complexity index is 1410. The number of allylic oxidation sites excluding steroid dienone is 1. The molecule has 1 aliphatic heterocycles. The second-order valence-corrected chi connectivity index (χ2v) is 10.2. The first kappa shape index (κ1) is 30.6. The fraction of sp³-hybridized carbons (Fsp3) is 0.387. The number of nitrogens with zero attached hydrogens (tertiary/aromatic N) is 5. The van der Waals surface area contributed by atoms with Crippen LogP contribution in [-0.2, 0) is 37.7 Å². The molecular formula is C31H37N5O6. The van der Waals surface area contributed by atoms with Crippen LogP contribution in [0.2, 0.25) is 0 Å². The summed E-state index contributed by atoms with van der Waals surface area (Å²) in [6, 6.07) is 14.3. The minimum atomic E-state index is -1.86. The number of methoxy groups -OCH3 is 1. The number of amides is 2. The number of esters is 1. The van der Waals surface area contributed by atoms with Gasteiger partial charge in [0.1, 0.15) is 0 Å². The molecule has 2 aromatic carbocycles. The summed E-state index contributed by atoms with van der Waals surface area (Å²) in [5.74, 6) is -1.36. The quantitative estimate of drug-likeness (QED) is 0.122. The zero-order valence-electron chi connectivity index (χ0n) is 23.9. The van der Waals surface area contributed by atoms with Gasteiger partial charge in [-0.05, 0) is 49.6 Å². The molecule has 4 rings (SSSR count). The van der Waals surface area contributed by atoms with E-state index in [2.05, 4.69) is 10.3 Å². The summed E-state index contributed by atoms with van der Waals surface area (Å²) in [5, 5.41) is 29.2. The van der Waals surface area contributed by atoms with E-state index in [1.165, 1.54) is 12.0 Å². The number of ether oxygens (including phenoxy) is 1. The average Bonchev–Trinajstić information content (AvgIpc) is 3.54. The Morgan fingerprint density at radius 2 is 1.93 bits per heavy atom. The number of unbranched alkanes of at least 4 members (excludes halogenated alkanes) is 1. The van der Waals surface area contributed by atoms with Gasteiger partial charge < -0.3 is 19.8 Å². The maximum atomic E-state index is 13.9. The monoisotopic (exact) mass is 575 g/mol. The molecule has 11 heteroatoms. The van der Waals surface area contributed by atoms with E-state index < -0.39 is 17.4 Å². The van der Waals surface area contributed by atoms with E-state index in [0.717, 1.165) is 0 Å². The summed E-state index contributed by atoms with van der Waals surface area (Å²) in [4.78, 5) is 40.6. The molecule has 2 N–H and O–H groups in total. The van der Waals surface area contributed by atoms with Crippen molar-refractivity contribution in [3.05, 3.63) is 78.1 Å². The van der Waals surface area contributed by atoms with Gasteiger partial charge in [0.25, 0.3) is 5.91 Å². The van der Waals surface area contributed by atoms with Gasteiger partial charge in [-0.2, -0.15) is 0 Å². The fourth-order valence-electron chi connectivity index (χ4n) is 5.13. The number of aryl methyl sites for hydroxylation is 1. The molecule has 2 heterocycles. The highest BCUT2D eigenvalue weighted by Gasteiger charge is 2.52. The minimum absolute atomic E-state index is 0.00413. The van der Waals surface area contributed by atoms with Crippen LogP contribution < -0.4 is 9.80 Å². The summed E-state index contributed by atoms with van der Waals surface area (Å²) >= 11 is 0. The van der Waals surface area contributed by atoms with Gasteiger partial charge in [0.15, 0.2) is 5.60 Å². The maximum absolute atomic E-state index is 13.9. The van der Waals surface area contributed by atoms with Gasteiger partial charge in [0, 0.05) is 61.6 Å². The van der Waals surface area contributed by atoms with E-state index in [1.54, 1.807) is 53.0 Å². The van der Waals surface area contributed by atoms with Crippen LogP contribution in [0.5, 0.6) is 0 Å². The highest BCUT2D eigenvalue weighted by molar-refractivity contribution is 6.08. The standard InChI is InChI=1S/C31H37N5O6/c1-23(10-6-8-17-34-21-24(16-19-37)32-33-34)31(41)27-20-26(36(22-38)25-11-4-3-5-12-25)14-15-28(27)35(30(31)40)18-9-7-13-29(39)42-2/h3-6,10-12,14-15,20-23,37,41H,7-9,13,16-19H2,1-2H3/b10-6+/t23-,31+/m1/s1. The number of benzene rings is 2. The first-order valence-corrected chi connectivity index (χ1v) is 14.0. The Morgan fingerprint density at radius 3 is 2.64 bits per heavy atom. The van der Waals surface area contributed by atoms with Gasteiger partial charge >= 0.3 is 5.97 Å². The Hall–Kier alpha value is -4.35. The number of rotatable bonds is 15. The van der Waals surface area contributed by atoms with Crippen LogP contribution in [0, 0.1) is 5.92 Å². The molecule has 0 unspecified atom stereocenters. The SMILES string of the molecule is COC(=O)CCCCN1C(=O)[C@](O)([C@H](C)/C=C/CCn2cc(CCO)nn2)c2cc(N(C=O)c3ccccc3)ccc21. The Balaban J connectivity index is 1.59. The molecular weight excluding hydrogens is 538 g/mol. The Morgan fingerprint density at radius 1 is 1.14 bits per heavy atom. The summed E-state index contributed by atoms with van der Waals surface area (Å²) < 4.78 is 6.40. The van der Waals surface area contributed by atoms with Crippen molar-refractivity contribution in [3.8, 4) is 0 Å². The molecule has 1 aromatic heterocycles. The van der Waals surface area contributed by atoms with Crippen molar-refractivity contribution in [1.82, 2.24) is 15.0 Å². The average molecular weight is 576 g/mol. The van der Waals surface area contributed by atoms with E-state index in [0.29, 0.717) is 73.5 Å². The number of aliphatic hydroxyl groups is 2. The minimum Gasteiger partial charge on any atom is -0.469 e.